The Labute approximate surface area is 97.0 Å². The number of rotatable bonds is 4. The number of ether oxygens (including phenoxy) is 1. The van der Waals surface area contributed by atoms with Gasteiger partial charge in [-0.15, -0.1) is 0 Å². The molecule has 0 unspecified atom stereocenters. The van der Waals surface area contributed by atoms with Crippen molar-refractivity contribution in [3.05, 3.63) is 11.3 Å². The average Bonchev–Trinajstić information content (AvgIpc) is 2.19. The molecular weight excluding hydrogens is 235 g/mol. The second-order valence-corrected chi connectivity index (χ2v) is 3.67. The van der Waals surface area contributed by atoms with Crippen molar-refractivity contribution in [2.45, 2.75) is 32.9 Å². The molecular formula is C10H14F3N3O. The van der Waals surface area contributed by atoms with Crippen LogP contribution < -0.4 is 10.5 Å². The molecule has 2 N–H and O–H groups in total. The Morgan fingerprint density at radius 3 is 2.41 bits per heavy atom. The maximum absolute atomic E-state index is 11.9. The summed E-state index contributed by atoms with van der Waals surface area (Å²) in [5.41, 5.74) is 6.98. The average molecular weight is 249 g/mol. The van der Waals surface area contributed by atoms with Crippen LogP contribution in [0, 0.1) is 13.8 Å². The Kier molecular flexibility index (Phi) is 4.14. The van der Waals surface area contributed by atoms with E-state index in [4.69, 9.17) is 10.5 Å². The summed E-state index contributed by atoms with van der Waals surface area (Å²) in [5.74, 6) is 0.281. The van der Waals surface area contributed by atoms with Gasteiger partial charge >= 0.3 is 12.2 Å². The zero-order chi connectivity index (χ0) is 13.1. The molecule has 0 aliphatic carbocycles. The Bertz CT molecular complexity index is 370. The lowest BCUT2D eigenvalue weighted by Gasteiger charge is -2.09. The van der Waals surface area contributed by atoms with Gasteiger partial charge < -0.3 is 10.5 Å². The number of alkyl halides is 3. The van der Waals surface area contributed by atoms with Crippen LogP contribution in [0.1, 0.15) is 24.1 Å². The summed E-state index contributed by atoms with van der Waals surface area (Å²) in [4.78, 5) is 7.80. The van der Waals surface area contributed by atoms with E-state index in [0.717, 1.165) is 5.56 Å². The van der Waals surface area contributed by atoms with Crippen LogP contribution in [-0.2, 0) is 0 Å². The van der Waals surface area contributed by atoms with Crippen molar-refractivity contribution in [3.63, 3.8) is 0 Å². The van der Waals surface area contributed by atoms with Crippen LogP contribution in [0.4, 0.5) is 19.0 Å². The Balaban J connectivity index is 2.48. The van der Waals surface area contributed by atoms with Crippen LogP contribution in [0.15, 0.2) is 0 Å². The van der Waals surface area contributed by atoms with E-state index < -0.39 is 12.6 Å². The SMILES string of the molecule is Cc1nc(OCCCC(F)(F)F)nc(N)c1C. The fourth-order valence-electron chi connectivity index (χ4n) is 1.13. The Morgan fingerprint density at radius 2 is 1.88 bits per heavy atom. The van der Waals surface area contributed by atoms with E-state index in [1.54, 1.807) is 13.8 Å². The first-order valence-corrected chi connectivity index (χ1v) is 5.10. The quantitative estimate of drug-likeness (QED) is 0.832. The van der Waals surface area contributed by atoms with E-state index in [1.165, 1.54) is 0 Å². The maximum atomic E-state index is 11.9. The summed E-state index contributed by atoms with van der Waals surface area (Å²) in [6, 6.07) is 0.0211. The summed E-state index contributed by atoms with van der Waals surface area (Å²) in [6.45, 7) is 3.41. The highest BCUT2D eigenvalue weighted by molar-refractivity contribution is 5.41. The van der Waals surface area contributed by atoms with Gasteiger partial charge in [-0.05, 0) is 20.3 Å². The van der Waals surface area contributed by atoms with Crippen LogP contribution in [0.3, 0.4) is 0 Å². The highest BCUT2D eigenvalue weighted by atomic mass is 19.4. The number of anilines is 1. The number of aromatic nitrogens is 2. The van der Waals surface area contributed by atoms with Gasteiger partial charge in [-0.2, -0.15) is 18.2 Å². The minimum absolute atomic E-state index is 0.0211. The van der Waals surface area contributed by atoms with Crippen LogP contribution in [0.5, 0.6) is 6.01 Å². The summed E-state index contributed by atoms with van der Waals surface area (Å²) < 4.78 is 40.6. The van der Waals surface area contributed by atoms with E-state index in [2.05, 4.69) is 9.97 Å². The highest BCUT2D eigenvalue weighted by Gasteiger charge is 2.26. The minimum Gasteiger partial charge on any atom is -0.463 e. The number of aryl methyl sites for hydroxylation is 1. The molecule has 7 heteroatoms. The second-order valence-electron chi connectivity index (χ2n) is 3.67. The molecule has 0 fully saturated rings. The molecule has 4 nitrogen and oxygen atoms in total. The van der Waals surface area contributed by atoms with Gasteiger partial charge in [0.1, 0.15) is 5.82 Å². The van der Waals surface area contributed by atoms with Crippen molar-refractivity contribution in [2.75, 3.05) is 12.3 Å². The van der Waals surface area contributed by atoms with Gasteiger partial charge in [0.15, 0.2) is 0 Å². The number of nitrogens with two attached hydrogens (primary N) is 1. The predicted octanol–water partition coefficient (Wildman–Crippen LogP) is 2.40. The number of halogens is 3. The minimum atomic E-state index is -4.16. The van der Waals surface area contributed by atoms with Crippen molar-refractivity contribution in [1.29, 1.82) is 0 Å². The molecule has 1 rings (SSSR count). The fraction of sp³-hybridized carbons (Fsp3) is 0.600. The molecule has 0 aliphatic rings. The summed E-state index contributed by atoms with van der Waals surface area (Å²) >= 11 is 0. The molecule has 96 valence electrons. The van der Waals surface area contributed by atoms with Crippen LogP contribution in [0.2, 0.25) is 0 Å². The van der Waals surface area contributed by atoms with Gasteiger partial charge in [-0.25, -0.2) is 4.98 Å². The first-order valence-electron chi connectivity index (χ1n) is 5.10. The number of nitrogens with zero attached hydrogens (tertiary/aromatic N) is 2. The first-order chi connectivity index (χ1) is 7.79. The lowest BCUT2D eigenvalue weighted by atomic mass is 10.2. The van der Waals surface area contributed by atoms with Gasteiger partial charge in [0.2, 0.25) is 0 Å². The molecule has 0 aromatic carbocycles. The zero-order valence-electron chi connectivity index (χ0n) is 9.64. The van der Waals surface area contributed by atoms with Crippen molar-refractivity contribution in [1.82, 2.24) is 9.97 Å². The predicted molar refractivity (Wildman–Crippen MR) is 56.7 cm³/mol. The van der Waals surface area contributed by atoms with Crippen molar-refractivity contribution < 1.29 is 17.9 Å². The molecule has 0 spiro atoms. The molecule has 1 heterocycles. The van der Waals surface area contributed by atoms with Crippen molar-refractivity contribution in [3.8, 4) is 6.01 Å². The third kappa shape index (κ3) is 4.46. The molecule has 0 saturated heterocycles. The molecule has 0 saturated carbocycles. The Morgan fingerprint density at radius 1 is 1.24 bits per heavy atom. The standard InChI is InChI=1S/C10H14F3N3O/c1-6-7(2)15-9(16-8(6)14)17-5-3-4-10(11,12)13/h3-5H2,1-2H3,(H2,14,15,16). The van der Waals surface area contributed by atoms with Crippen LogP contribution in [-0.4, -0.2) is 22.8 Å². The smallest absolute Gasteiger partial charge is 0.389 e. The molecule has 0 radical (unpaired) electrons. The van der Waals surface area contributed by atoms with E-state index in [-0.39, 0.29) is 24.9 Å². The van der Waals surface area contributed by atoms with E-state index in [9.17, 15) is 13.2 Å². The summed E-state index contributed by atoms with van der Waals surface area (Å²) in [6.07, 6.45) is -5.17. The first kappa shape index (κ1) is 13.5. The summed E-state index contributed by atoms with van der Waals surface area (Å²) in [7, 11) is 0. The molecule has 0 bridgehead atoms. The van der Waals surface area contributed by atoms with Crippen molar-refractivity contribution in [2.24, 2.45) is 0 Å². The maximum Gasteiger partial charge on any atom is 0.389 e. The molecule has 0 atom stereocenters. The monoisotopic (exact) mass is 249 g/mol. The van der Waals surface area contributed by atoms with E-state index in [0.29, 0.717) is 5.69 Å². The zero-order valence-corrected chi connectivity index (χ0v) is 9.64. The highest BCUT2D eigenvalue weighted by Crippen LogP contribution is 2.21. The third-order valence-electron chi connectivity index (χ3n) is 2.24. The molecule has 1 aromatic heterocycles. The third-order valence-corrected chi connectivity index (χ3v) is 2.24. The second kappa shape index (κ2) is 5.20. The fourth-order valence-corrected chi connectivity index (χ4v) is 1.13. The Hall–Kier alpha value is -1.53. The number of nitrogen functional groups attached to an aromatic ring is 1. The number of hydrogen-bond donors (Lipinski definition) is 1. The lowest BCUT2D eigenvalue weighted by molar-refractivity contribution is -0.136. The largest absolute Gasteiger partial charge is 0.463 e. The molecule has 17 heavy (non-hydrogen) atoms. The van der Waals surface area contributed by atoms with Gasteiger partial charge in [-0.1, -0.05) is 0 Å². The van der Waals surface area contributed by atoms with Crippen LogP contribution in [0.25, 0.3) is 0 Å². The topological polar surface area (TPSA) is 61.0 Å². The van der Waals surface area contributed by atoms with Gasteiger partial charge in [0, 0.05) is 17.7 Å². The molecule has 0 aliphatic heterocycles. The molecule has 0 amide bonds. The number of hydrogen-bond acceptors (Lipinski definition) is 4. The summed E-state index contributed by atoms with van der Waals surface area (Å²) in [5, 5.41) is 0. The van der Waals surface area contributed by atoms with Crippen molar-refractivity contribution >= 4 is 5.82 Å². The normalized spacial score (nSPS) is 11.6. The van der Waals surface area contributed by atoms with E-state index in [1.807, 2.05) is 0 Å². The van der Waals surface area contributed by atoms with Gasteiger partial charge in [-0.3, -0.25) is 0 Å². The molecule has 1 aromatic rings. The van der Waals surface area contributed by atoms with Crippen LogP contribution >= 0.6 is 0 Å². The van der Waals surface area contributed by atoms with E-state index >= 15 is 0 Å². The van der Waals surface area contributed by atoms with Gasteiger partial charge in [0.25, 0.3) is 0 Å². The van der Waals surface area contributed by atoms with Gasteiger partial charge in [0.05, 0.1) is 6.61 Å². The lowest BCUT2D eigenvalue weighted by Crippen LogP contribution is -2.11.